The number of carbonyl (C=O) groups excluding carboxylic acids is 1. The molecule has 11 heteroatoms. The maximum absolute atomic E-state index is 13.2. The van der Waals surface area contributed by atoms with E-state index in [2.05, 4.69) is 32.1 Å². The highest BCUT2D eigenvalue weighted by molar-refractivity contribution is 6.04. The van der Waals surface area contributed by atoms with Gasteiger partial charge >= 0.3 is 6.18 Å². The summed E-state index contributed by atoms with van der Waals surface area (Å²) in [6.45, 7) is 4.53. The summed E-state index contributed by atoms with van der Waals surface area (Å²) in [6, 6.07) is 15.7. The Morgan fingerprint density at radius 3 is 2.58 bits per heavy atom. The van der Waals surface area contributed by atoms with Gasteiger partial charge in [0.05, 0.1) is 22.3 Å². The minimum Gasteiger partial charge on any atom is -0.358 e. The number of hydrogen-bond donors (Lipinski definition) is 2. The van der Waals surface area contributed by atoms with Gasteiger partial charge in [0, 0.05) is 74.5 Å². The lowest BCUT2D eigenvalue weighted by atomic mass is 10.0. The van der Waals surface area contributed by atoms with Gasteiger partial charge < -0.3 is 15.2 Å². The molecule has 8 nitrogen and oxygen atoms in total. The summed E-state index contributed by atoms with van der Waals surface area (Å²) in [5.41, 5.74) is 4.73. The maximum atomic E-state index is 13.2. The lowest BCUT2D eigenvalue weighted by Gasteiger charge is -2.32. The van der Waals surface area contributed by atoms with Crippen molar-refractivity contribution in [3.8, 4) is 11.3 Å². The molecule has 0 saturated carbocycles. The van der Waals surface area contributed by atoms with Crippen LogP contribution in [0, 0.1) is 0 Å². The molecule has 1 aliphatic heterocycles. The second-order valence-corrected chi connectivity index (χ2v) is 10.7. The van der Waals surface area contributed by atoms with Crippen molar-refractivity contribution in [1.29, 1.82) is 0 Å². The number of carbonyl (C=O) groups is 1. The Morgan fingerprint density at radius 2 is 1.81 bits per heavy atom. The molecule has 4 heterocycles. The van der Waals surface area contributed by atoms with Crippen LogP contribution in [-0.4, -0.2) is 68.9 Å². The number of H-pyrrole nitrogens is 1. The van der Waals surface area contributed by atoms with E-state index in [0.717, 1.165) is 71.7 Å². The molecule has 220 valence electrons. The number of rotatable bonds is 7. The Morgan fingerprint density at radius 1 is 0.977 bits per heavy atom. The van der Waals surface area contributed by atoms with E-state index in [1.165, 1.54) is 12.1 Å². The van der Waals surface area contributed by atoms with E-state index in [1.54, 1.807) is 18.5 Å². The molecule has 1 fully saturated rings. The van der Waals surface area contributed by atoms with Crippen LogP contribution in [0.4, 0.5) is 18.9 Å². The number of halogens is 3. The normalized spacial score (nSPS) is 14.7. The molecule has 0 unspecified atom stereocenters. The number of benzene rings is 2. The number of fused-ring (bicyclic) bond motifs is 1. The molecule has 0 spiro atoms. The van der Waals surface area contributed by atoms with Crippen LogP contribution in [0.15, 0.2) is 79.3 Å². The lowest BCUT2D eigenvalue weighted by molar-refractivity contribution is -0.137. The molecule has 2 N–H and O–H groups in total. The average Bonchev–Trinajstić information content (AvgIpc) is 3.48. The molecule has 0 atom stereocenters. The highest BCUT2D eigenvalue weighted by Crippen LogP contribution is 2.30. The molecule has 43 heavy (non-hydrogen) atoms. The number of alkyl halides is 3. The van der Waals surface area contributed by atoms with Crippen molar-refractivity contribution in [3.63, 3.8) is 0 Å². The van der Waals surface area contributed by atoms with Gasteiger partial charge in [-0.2, -0.15) is 13.2 Å². The van der Waals surface area contributed by atoms with Gasteiger partial charge in [-0.25, -0.2) is 9.97 Å². The topological polar surface area (TPSA) is 90.0 Å². The summed E-state index contributed by atoms with van der Waals surface area (Å²) < 4.78 is 39.7. The molecule has 1 amide bonds. The van der Waals surface area contributed by atoms with Gasteiger partial charge in [-0.05, 0) is 66.7 Å². The molecular formula is C32H30F3N7O. The molecule has 3 aromatic heterocycles. The molecule has 1 aliphatic rings. The standard InChI is InChI=1S/C32H30F3N7O/c1-41-12-14-42(15-13-41)20-23-7-8-26(38-31(43)21-4-2-6-25(16-21)32(33,34)35)17-24(23)18-28-39-27-9-11-37-30(27)29(40-28)22-5-3-10-36-19-22/h2-11,16-17,19,37H,12-15,18,20H2,1H3,(H,38,43). The minimum atomic E-state index is -4.54. The SMILES string of the molecule is CN1CCN(Cc2ccc(NC(=O)c3cccc(C(F)(F)F)c3)cc2Cc2nc(-c3cccnc3)c3[nH]ccc3n2)CC1. The summed E-state index contributed by atoms with van der Waals surface area (Å²) in [5, 5.41) is 2.78. The zero-order valence-electron chi connectivity index (χ0n) is 23.5. The third-order valence-electron chi connectivity index (χ3n) is 7.64. The third-order valence-corrected chi connectivity index (χ3v) is 7.64. The number of aromatic amines is 1. The first-order chi connectivity index (χ1) is 20.7. The summed E-state index contributed by atoms with van der Waals surface area (Å²) in [5.74, 6) is -0.0142. The largest absolute Gasteiger partial charge is 0.416 e. The molecule has 2 aromatic carbocycles. The average molecular weight is 586 g/mol. The van der Waals surface area contributed by atoms with Crippen molar-refractivity contribution in [2.45, 2.75) is 19.1 Å². The maximum Gasteiger partial charge on any atom is 0.416 e. The molecule has 6 rings (SSSR count). The van der Waals surface area contributed by atoms with Crippen LogP contribution < -0.4 is 5.32 Å². The van der Waals surface area contributed by atoms with Crippen LogP contribution in [0.3, 0.4) is 0 Å². The first kappa shape index (κ1) is 28.5. The Hall–Kier alpha value is -4.61. The van der Waals surface area contributed by atoms with Crippen molar-refractivity contribution in [2.75, 3.05) is 38.5 Å². The molecule has 0 radical (unpaired) electrons. The Balaban J connectivity index is 1.33. The van der Waals surface area contributed by atoms with Crippen molar-refractivity contribution < 1.29 is 18.0 Å². The molecule has 1 saturated heterocycles. The molecule has 0 aliphatic carbocycles. The molecular weight excluding hydrogens is 555 g/mol. The van der Waals surface area contributed by atoms with E-state index in [-0.39, 0.29) is 5.56 Å². The monoisotopic (exact) mass is 585 g/mol. The number of amides is 1. The summed E-state index contributed by atoms with van der Waals surface area (Å²) in [7, 11) is 2.11. The van der Waals surface area contributed by atoms with Crippen molar-refractivity contribution in [3.05, 3.63) is 107 Å². The summed E-state index contributed by atoms with van der Waals surface area (Å²) in [4.78, 5) is 34.9. The molecule has 0 bridgehead atoms. The Bertz CT molecular complexity index is 1750. The number of anilines is 1. The highest BCUT2D eigenvalue weighted by atomic mass is 19.4. The van der Waals surface area contributed by atoms with E-state index in [9.17, 15) is 18.0 Å². The predicted octanol–water partition coefficient (Wildman–Crippen LogP) is 5.63. The molecule has 5 aromatic rings. The summed E-state index contributed by atoms with van der Waals surface area (Å²) in [6.07, 6.45) is 1.15. The zero-order chi connectivity index (χ0) is 30.0. The highest BCUT2D eigenvalue weighted by Gasteiger charge is 2.31. The lowest BCUT2D eigenvalue weighted by Crippen LogP contribution is -2.44. The number of pyridine rings is 1. The van der Waals surface area contributed by atoms with Gasteiger partial charge in [0.2, 0.25) is 0 Å². The van der Waals surface area contributed by atoms with Crippen LogP contribution in [-0.2, 0) is 19.1 Å². The first-order valence-corrected chi connectivity index (χ1v) is 14.0. The number of hydrogen-bond acceptors (Lipinski definition) is 6. The Labute approximate surface area is 246 Å². The van der Waals surface area contributed by atoms with Gasteiger partial charge in [-0.1, -0.05) is 12.1 Å². The van der Waals surface area contributed by atoms with Gasteiger partial charge in [-0.3, -0.25) is 14.7 Å². The van der Waals surface area contributed by atoms with Gasteiger partial charge in [-0.15, -0.1) is 0 Å². The van der Waals surface area contributed by atoms with Gasteiger partial charge in [0.15, 0.2) is 0 Å². The van der Waals surface area contributed by atoms with Gasteiger partial charge in [0.1, 0.15) is 5.82 Å². The van der Waals surface area contributed by atoms with Crippen molar-refractivity contribution in [2.24, 2.45) is 0 Å². The smallest absolute Gasteiger partial charge is 0.358 e. The first-order valence-electron chi connectivity index (χ1n) is 14.0. The zero-order valence-corrected chi connectivity index (χ0v) is 23.5. The fourth-order valence-electron chi connectivity index (χ4n) is 5.26. The summed E-state index contributed by atoms with van der Waals surface area (Å²) >= 11 is 0. The van der Waals surface area contributed by atoms with E-state index in [4.69, 9.17) is 9.97 Å². The van der Waals surface area contributed by atoms with Crippen LogP contribution in [0.2, 0.25) is 0 Å². The van der Waals surface area contributed by atoms with Crippen LogP contribution >= 0.6 is 0 Å². The Kier molecular flexibility index (Phi) is 7.92. The quantitative estimate of drug-likeness (QED) is 0.257. The van der Waals surface area contributed by atoms with Crippen molar-refractivity contribution in [1.82, 2.24) is 29.7 Å². The van der Waals surface area contributed by atoms with Crippen molar-refractivity contribution >= 4 is 22.6 Å². The number of nitrogens with zero attached hydrogens (tertiary/aromatic N) is 5. The second kappa shape index (κ2) is 11.9. The van der Waals surface area contributed by atoms with E-state index in [1.807, 2.05) is 36.5 Å². The minimum absolute atomic E-state index is 0.0692. The van der Waals surface area contributed by atoms with Crippen LogP contribution in [0.5, 0.6) is 0 Å². The fourth-order valence-corrected chi connectivity index (χ4v) is 5.26. The van der Waals surface area contributed by atoms with Gasteiger partial charge in [0.25, 0.3) is 5.91 Å². The van der Waals surface area contributed by atoms with E-state index >= 15 is 0 Å². The predicted molar refractivity (Wildman–Crippen MR) is 159 cm³/mol. The second-order valence-electron chi connectivity index (χ2n) is 10.7. The van der Waals surface area contributed by atoms with Crippen LogP contribution in [0.25, 0.3) is 22.3 Å². The number of nitrogens with one attached hydrogen (secondary N) is 2. The number of piperazine rings is 1. The third kappa shape index (κ3) is 6.58. The fraction of sp³-hybridized carbons (Fsp3) is 0.250. The number of likely N-dealkylation sites (N-methyl/N-ethyl adjacent to an activating group) is 1. The van der Waals surface area contributed by atoms with E-state index < -0.39 is 17.6 Å². The van der Waals surface area contributed by atoms with E-state index in [0.29, 0.717) is 24.5 Å². The number of aromatic nitrogens is 4. The van der Waals surface area contributed by atoms with Crippen LogP contribution in [0.1, 0.15) is 32.9 Å².